The Hall–Kier alpha value is -1.42. The van der Waals surface area contributed by atoms with Gasteiger partial charge in [0.15, 0.2) is 0 Å². The van der Waals surface area contributed by atoms with E-state index in [2.05, 4.69) is 0 Å². The topological polar surface area (TPSA) is 13.1 Å². The molecule has 2 aromatic rings. The lowest BCUT2D eigenvalue weighted by molar-refractivity contribution is -0.138. The Bertz CT molecular complexity index is 570. The van der Waals surface area contributed by atoms with Gasteiger partial charge in [-0.05, 0) is 36.8 Å². The van der Waals surface area contributed by atoms with Crippen LogP contribution in [-0.4, -0.2) is 0 Å². The molecule has 0 N–H and O–H groups in total. The van der Waals surface area contributed by atoms with Crippen LogP contribution in [0.25, 0.3) is 11.3 Å². The van der Waals surface area contributed by atoms with Gasteiger partial charge in [0, 0.05) is 17.0 Å². The highest BCUT2D eigenvalue weighted by Gasteiger charge is 2.36. The lowest BCUT2D eigenvalue weighted by atomic mass is 10.1. The quantitative estimate of drug-likeness (QED) is 0.679. The van der Waals surface area contributed by atoms with E-state index >= 15 is 0 Å². The number of furan rings is 1. The van der Waals surface area contributed by atoms with Crippen molar-refractivity contribution in [2.24, 2.45) is 0 Å². The van der Waals surface area contributed by atoms with Crippen molar-refractivity contribution < 1.29 is 17.6 Å². The fraction of sp³-hybridized carbons (Fsp3) is 0.333. The van der Waals surface area contributed by atoms with E-state index in [4.69, 9.17) is 16.0 Å². The fourth-order valence-electron chi connectivity index (χ4n) is 1.95. The molecule has 1 heterocycles. The molecule has 0 unspecified atom stereocenters. The number of alkyl halides is 3. The van der Waals surface area contributed by atoms with Crippen molar-refractivity contribution in [2.45, 2.75) is 32.4 Å². The molecule has 108 valence electrons. The average molecular weight is 303 g/mol. The number of unbranched alkanes of at least 4 members (excludes halogenated alkanes) is 1. The molecule has 0 spiro atoms. The van der Waals surface area contributed by atoms with Crippen LogP contribution in [0.5, 0.6) is 0 Å². The van der Waals surface area contributed by atoms with E-state index in [0.717, 1.165) is 12.5 Å². The highest BCUT2D eigenvalue weighted by atomic mass is 35.5. The van der Waals surface area contributed by atoms with Gasteiger partial charge < -0.3 is 4.42 Å². The third kappa shape index (κ3) is 3.37. The first kappa shape index (κ1) is 15.0. The lowest BCUT2D eigenvalue weighted by Crippen LogP contribution is -2.06. The zero-order valence-electron chi connectivity index (χ0n) is 10.9. The molecule has 0 bridgehead atoms. The maximum absolute atomic E-state index is 13.0. The Morgan fingerprint density at radius 2 is 1.80 bits per heavy atom. The molecule has 0 radical (unpaired) electrons. The van der Waals surface area contributed by atoms with Crippen LogP contribution >= 0.6 is 11.6 Å². The van der Waals surface area contributed by atoms with Crippen molar-refractivity contribution in [3.05, 3.63) is 46.7 Å². The third-order valence-electron chi connectivity index (χ3n) is 3.00. The van der Waals surface area contributed by atoms with Gasteiger partial charge >= 0.3 is 6.18 Å². The van der Waals surface area contributed by atoms with E-state index < -0.39 is 11.7 Å². The second-order valence-electron chi connectivity index (χ2n) is 4.56. The van der Waals surface area contributed by atoms with Gasteiger partial charge in [-0.3, -0.25) is 0 Å². The lowest BCUT2D eigenvalue weighted by Gasteiger charge is -2.05. The summed E-state index contributed by atoms with van der Waals surface area (Å²) in [5, 5.41) is 0.530. The summed E-state index contributed by atoms with van der Waals surface area (Å²) < 4.78 is 44.4. The van der Waals surface area contributed by atoms with Crippen LogP contribution in [0, 0.1) is 0 Å². The van der Waals surface area contributed by atoms with Gasteiger partial charge in [0.25, 0.3) is 0 Å². The van der Waals surface area contributed by atoms with Crippen LogP contribution in [-0.2, 0) is 12.6 Å². The van der Waals surface area contributed by atoms with E-state index in [1.807, 2.05) is 6.92 Å². The van der Waals surface area contributed by atoms with Gasteiger partial charge in [-0.15, -0.1) is 0 Å². The Balaban J connectivity index is 2.40. The van der Waals surface area contributed by atoms with Gasteiger partial charge in [-0.25, -0.2) is 0 Å². The molecule has 1 aromatic carbocycles. The number of benzene rings is 1. The average Bonchev–Trinajstić information content (AvgIpc) is 2.81. The molecule has 5 heteroatoms. The van der Waals surface area contributed by atoms with Crippen LogP contribution in [0.2, 0.25) is 5.02 Å². The number of hydrogen-bond acceptors (Lipinski definition) is 1. The molecule has 1 nitrogen and oxygen atoms in total. The van der Waals surface area contributed by atoms with Gasteiger partial charge in [-0.2, -0.15) is 13.2 Å². The minimum atomic E-state index is -4.39. The summed E-state index contributed by atoms with van der Waals surface area (Å²) in [7, 11) is 0. The maximum Gasteiger partial charge on any atom is 0.419 e. The summed E-state index contributed by atoms with van der Waals surface area (Å²) in [5.74, 6) is 0.226. The number of aryl methyl sites for hydroxylation is 1. The second kappa shape index (κ2) is 5.92. The van der Waals surface area contributed by atoms with Gasteiger partial charge in [-0.1, -0.05) is 24.9 Å². The van der Waals surface area contributed by atoms with Crippen molar-refractivity contribution in [3.63, 3.8) is 0 Å². The zero-order valence-corrected chi connectivity index (χ0v) is 11.7. The minimum absolute atomic E-state index is 0.00398. The summed E-state index contributed by atoms with van der Waals surface area (Å²) in [6, 6.07) is 7.60. The summed E-state index contributed by atoms with van der Waals surface area (Å²) in [5.41, 5.74) is -0.0986. The predicted molar refractivity (Wildman–Crippen MR) is 72.8 cm³/mol. The Morgan fingerprint density at radius 3 is 2.35 bits per heavy atom. The molecule has 0 aliphatic rings. The van der Waals surface area contributed by atoms with Crippen LogP contribution in [0.4, 0.5) is 13.2 Å². The minimum Gasteiger partial charge on any atom is -0.460 e. The SMILES string of the molecule is CCCCc1oc(-c2ccc(Cl)cc2)cc1C(F)(F)F. The molecular weight excluding hydrogens is 289 g/mol. The highest BCUT2D eigenvalue weighted by Crippen LogP contribution is 2.38. The maximum atomic E-state index is 13.0. The molecule has 20 heavy (non-hydrogen) atoms. The first-order valence-corrected chi connectivity index (χ1v) is 6.75. The van der Waals surface area contributed by atoms with Crippen molar-refractivity contribution in [3.8, 4) is 11.3 Å². The number of hydrogen-bond donors (Lipinski definition) is 0. The van der Waals surface area contributed by atoms with E-state index in [9.17, 15) is 13.2 Å². The molecule has 0 amide bonds. The molecule has 0 saturated heterocycles. The Kier molecular flexibility index (Phi) is 4.43. The third-order valence-corrected chi connectivity index (χ3v) is 3.25. The molecule has 0 fully saturated rings. The summed E-state index contributed by atoms with van der Waals surface area (Å²) in [6.07, 6.45) is -2.62. The van der Waals surface area contributed by atoms with Gasteiger partial charge in [0.1, 0.15) is 11.5 Å². The largest absolute Gasteiger partial charge is 0.460 e. The van der Waals surface area contributed by atoms with E-state index in [1.165, 1.54) is 0 Å². The summed E-state index contributed by atoms with van der Waals surface area (Å²) >= 11 is 5.77. The molecule has 2 rings (SSSR count). The highest BCUT2D eigenvalue weighted by molar-refractivity contribution is 6.30. The predicted octanol–water partition coefficient (Wildman–Crippen LogP) is 5.96. The fourth-order valence-corrected chi connectivity index (χ4v) is 2.07. The molecule has 0 aliphatic carbocycles. The summed E-state index contributed by atoms with van der Waals surface area (Å²) in [4.78, 5) is 0. The second-order valence-corrected chi connectivity index (χ2v) is 4.99. The van der Waals surface area contributed by atoms with Crippen LogP contribution in [0.1, 0.15) is 31.1 Å². The first-order chi connectivity index (χ1) is 9.41. The summed E-state index contributed by atoms with van der Waals surface area (Å²) in [6.45, 7) is 1.93. The first-order valence-electron chi connectivity index (χ1n) is 6.37. The molecule has 0 atom stereocenters. The molecule has 1 aromatic heterocycles. The van der Waals surface area contributed by atoms with Crippen molar-refractivity contribution in [1.29, 1.82) is 0 Å². The standard InChI is InChI=1S/C15H14ClF3O/c1-2-3-4-13-12(15(17,18)19)9-14(20-13)10-5-7-11(16)8-6-10/h5-9H,2-4H2,1H3. The van der Waals surface area contributed by atoms with E-state index in [-0.39, 0.29) is 11.5 Å². The van der Waals surface area contributed by atoms with Crippen LogP contribution in [0.15, 0.2) is 34.7 Å². The molecule has 0 saturated carbocycles. The number of rotatable bonds is 4. The van der Waals surface area contributed by atoms with Crippen molar-refractivity contribution in [1.82, 2.24) is 0 Å². The molecular formula is C15H14ClF3O. The zero-order chi connectivity index (χ0) is 14.8. The molecule has 0 aliphatic heterocycles. The van der Waals surface area contributed by atoms with Crippen LogP contribution in [0.3, 0.4) is 0 Å². The van der Waals surface area contributed by atoms with Crippen LogP contribution < -0.4 is 0 Å². The Labute approximate surface area is 120 Å². The van der Waals surface area contributed by atoms with E-state index in [1.54, 1.807) is 24.3 Å². The monoisotopic (exact) mass is 302 g/mol. The van der Waals surface area contributed by atoms with Gasteiger partial charge in [0.05, 0.1) is 5.56 Å². The number of halogens is 4. The Morgan fingerprint density at radius 1 is 1.15 bits per heavy atom. The van der Waals surface area contributed by atoms with Crippen molar-refractivity contribution >= 4 is 11.6 Å². The van der Waals surface area contributed by atoms with E-state index in [0.29, 0.717) is 23.4 Å². The van der Waals surface area contributed by atoms with Crippen molar-refractivity contribution in [2.75, 3.05) is 0 Å². The normalized spacial score (nSPS) is 11.8. The smallest absolute Gasteiger partial charge is 0.419 e. The van der Waals surface area contributed by atoms with Gasteiger partial charge in [0.2, 0.25) is 0 Å².